The van der Waals surface area contributed by atoms with E-state index in [1.165, 1.54) is 0 Å². The first-order chi connectivity index (χ1) is 10.8. The number of aryl methyl sites for hydroxylation is 1. The van der Waals surface area contributed by atoms with Crippen LogP contribution in [0, 0.1) is 0 Å². The van der Waals surface area contributed by atoms with Gasteiger partial charge >= 0.3 is 0 Å². The van der Waals surface area contributed by atoms with Crippen LogP contribution in [-0.2, 0) is 21.1 Å². The van der Waals surface area contributed by atoms with Crippen LogP contribution in [0.15, 0.2) is 18.2 Å². The SMILES string of the molecule is COc1cc(CCC(=O)N(C)[C@H]2CCS(=O)(=O)C2)cc(OC)c1. The minimum atomic E-state index is -2.99. The topological polar surface area (TPSA) is 72.9 Å². The van der Waals surface area contributed by atoms with E-state index in [9.17, 15) is 13.2 Å². The first-order valence-electron chi connectivity index (χ1n) is 7.52. The Labute approximate surface area is 137 Å². The smallest absolute Gasteiger partial charge is 0.222 e. The van der Waals surface area contributed by atoms with Crippen molar-refractivity contribution >= 4 is 15.7 Å². The molecule has 128 valence electrons. The van der Waals surface area contributed by atoms with Gasteiger partial charge in [-0.15, -0.1) is 0 Å². The quantitative estimate of drug-likeness (QED) is 0.779. The molecule has 1 atom stereocenters. The molecule has 0 unspecified atom stereocenters. The van der Waals surface area contributed by atoms with Crippen LogP contribution in [0.2, 0.25) is 0 Å². The maximum atomic E-state index is 12.3. The number of benzene rings is 1. The maximum absolute atomic E-state index is 12.3. The molecule has 1 fully saturated rings. The molecule has 1 saturated heterocycles. The lowest BCUT2D eigenvalue weighted by molar-refractivity contribution is -0.131. The standard InChI is InChI=1S/C16H23NO5S/c1-17(13-6-7-23(19,20)11-13)16(18)5-4-12-8-14(21-2)10-15(9-12)22-3/h8-10,13H,4-7,11H2,1-3H3/t13-/m0/s1. The van der Waals surface area contributed by atoms with Gasteiger partial charge in [0.25, 0.3) is 0 Å². The second-order valence-corrected chi connectivity index (χ2v) is 8.01. The molecule has 1 aromatic carbocycles. The van der Waals surface area contributed by atoms with Crippen molar-refractivity contribution in [3.63, 3.8) is 0 Å². The Kier molecular flexibility index (Phi) is 5.51. The number of methoxy groups -OCH3 is 2. The van der Waals surface area contributed by atoms with E-state index >= 15 is 0 Å². The van der Waals surface area contributed by atoms with Gasteiger partial charge in [0, 0.05) is 25.6 Å². The number of rotatable bonds is 6. The van der Waals surface area contributed by atoms with Gasteiger partial charge in [-0.05, 0) is 30.5 Å². The van der Waals surface area contributed by atoms with Gasteiger partial charge < -0.3 is 14.4 Å². The highest BCUT2D eigenvalue weighted by Crippen LogP contribution is 2.24. The number of hydrogen-bond donors (Lipinski definition) is 0. The van der Waals surface area contributed by atoms with E-state index in [-0.39, 0.29) is 23.5 Å². The lowest BCUT2D eigenvalue weighted by Gasteiger charge is -2.23. The van der Waals surface area contributed by atoms with Gasteiger partial charge in [-0.1, -0.05) is 0 Å². The Morgan fingerprint density at radius 1 is 1.22 bits per heavy atom. The van der Waals surface area contributed by atoms with Crippen molar-refractivity contribution in [2.75, 3.05) is 32.8 Å². The third kappa shape index (κ3) is 4.60. The molecular formula is C16H23NO5S. The van der Waals surface area contributed by atoms with E-state index in [4.69, 9.17) is 9.47 Å². The van der Waals surface area contributed by atoms with Crippen molar-refractivity contribution in [1.29, 1.82) is 0 Å². The molecule has 2 rings (SSSR count). The Bertz CT molecular complexity index is 649. The van der Waals surface area contributed by atoms with Crippen molar-refractivity contribution in [3.05, 3.63) is 23.8 Å². The molecule has 1 amide bonds. The number of ether oxygens (including phenoxy) is 2. The first kappa shape index (κ1) is 17.6. The normalized spacial score (nSPS) is 19.3. The summed E-state index contributed by atoms with van der Waals surface area (Å²) in [6, 6.07) is 5.32. The van der Waals surface area contributed by atoms with Gasteiger partial charge in [0.2, 0.25) is 5.91 Å². The van der Waals surface area contributed by atoms with Crippen molar-refractivity contribution < 1.29 is 22.7 Å². The fourth-order valence-corrected chi connectivity index (χ4v) is 4.50. The second kappa shape index (κ2) is 7.21. The van der Waals surface area contributed by atoms with E-state index in [1.807, 2.05) is 12.1 Å². The van der Waals surface area contributed by atoms with E-state index in [2.05, 4.69) is 0 Å². The van der Waals surface area contributed by atoms with Crippen LogP contribution in [0.25, 0.3) is 0 Å². The van der Waals surface area contributed by atoms with E-state index in [0.29, 0.717) is 30.8 Å². The van der Waals surface area contributed by atoms with Gasteiger partial charge in [-0.25, -0.2) is 8.42 Å². The van der Waals surface area contributed by atoms with Gasteiger partial charge in [0.15, 0.2) is 9.84 Å². The zero-order chi connectivity index (χ0) is 17.0. The molecule has 1 aliphatic rings. The van der Waals surface area contributed by atoms with E-state index in [1.54, 1.807) is 32.2 Å². The molecule has 1 aromatic rings. The summed E-state index contributed by atoms with van der Waals surface area (Å²) in [6.45, 7) is 0. The molecular weight excluding hydrogens is 318 g/mol. The number of carbonyl (C=O) groups excluding carboxylic acids is 1. The predicted molar refractivity (Wildman–Crippen MR) is 87.7 cm³/mol. The van der Waals surface area contributed by atoms with Crippen LogP contribution in [0.5, 0.6) is 11.5 Å². The van der Waals surface area contributed by atoms with Gasteiger partial charge in [0.05, 0.1) is 25.7 Å². The van der Waals surface area contributed by atoms with Crippen molar-refractivity contribution in [1.82, 2.24) is 4.90 Å². The number of sulfone groups is 1. The molecule has 1 heterocycles. The van der Waals surface area contributed by atoms with Crippen molar-refractivity contribution in [2.24, 2.45) is 0 Å². The molecule has 0 saturated carbocycles. The van der Waals surface area contributed by atoms with Crippen molar-refractivity contribution in [2.45, 2.75) is 25.3 Å². The molecule has 0 spiro atoms. The molecule has 0 bridgehead atoms. The number of carbonyl (C=O) groups is 1. The fourth-order valence-electron chi connectivity index (χ4n) is 2.72. The summed E-state index contributed by atoms with van der Waals surface area (Å²) >= 11 is 0. The molecule has 1 aliphatic heterocycles. The Balaban J connectivity index is 1.96. The monoisotopic (exact) mass is 341 g/mol. The van der Waals surface area contributed by atoms with E-state index in [0.717, 1.165) is 5.56 Å². The Hall–Kier alpha value is -1.76. The highest BCUT2D eigenvalue weighted by atomic mass is 32.2. The maximum Gasteiger partial charge on any atom is 0.222 e. The minimum absolute atomic E-state index is 0.0473. The van der Waals surface area contributed by atoms with Crippen LogP contribution in [0.1, 0.15) is 18.4 Å². The van der Waals surface area contributed by atoms with Crippen LogP contribution in [0.4, 0.5) is 0 Å². The van der Waals surface area contributed by atoms with Gasteiger partial charge in [-0.3, -0.25) is 4.79 Å². The first-order valence-corrected chi connectivity index (χ1v) is 9.35. The largest absolute Gasteiger partial charge is 0.497 e. The lowest BCUT2D eigenvalue weighted by Crippen LogP contribution is -2.37. The minimum Gasteiger partial charge on any atom is -0.497 e. The molecule has 0 aromatic heterocycles. The summed E-state index contributed by atoms with van der Waals surface area (Å²) in [5.41, 5.74) is 0.946. The summed E-state index contributed by atoms with van der Waals surface area (Å²) in [5.74, 6) is 1.56. The third-order valence-corrected chi connectivity index (χ3v) is 5.94. The zero-order valence-electron chi connectivity index (χ0n) is 13.7. The van der Waals surface area contributed by atoms with Gasteiger partial charge in [0.1, 0.15) is 11.5 Å². The van der Waals surface area contributed by atoms with Crippen molar-refractivity contribution in [3.8, 4) is 11.5 Å². The Morgan fingerprint density at radius 3 is 2.30 bits per heavy atom. The average molecular weight is 341 g/mol. The predicted octanol–water partition coefficient (Wildman–Crippen LogP) is 1.28. The molecule has 23 heavy (non-hydrogen) atoms. The summed E-state index contributed by atoms with van der Waals surface area (Å²) < 4.78 is 33.5. The summed E-state index contributed by atoms with van der Waals surface area (Å²) in [5, 5.41) is 0. The van der Waals surface area contributed by atoms with Gasteiger partial charge in [-0.2, -0.15) is 0 Å². The molecule has 7 heteroatoms. The lowest BCUT2D eigenvalue weighted by atomic mass is 10.1. The number of amides is 1. The molecule has 0 N–H and O–H groups in total. The highest BCUT2D eigenvalue weighted by molar-refractivity contribution is 7.91. The fraction of sp³-hybridized carbons (Fsp3) is 0.562. The van der Waals surface area contributed by atoms with Crippen LogP contribution >= 0.6 is 0 Å². The third-order valence-electron chi connectivity index (χ3n) is 4.19. The summed E-state index contributed by atoms with van der Waals surface area (Å²) in [6.07, 6.45) is 1.40. The average Bonchev–Trinajstić information content (AvgIpc) is 2.91. The molecule has 0 aliphatic carbocycles. The zero-order valence-corrected chi connectivity index (χ0v) is 14.6. The van der Waals surface area contributed by atoms with Crippen LogP contribution in [-0.4, -0.2) is 58.0 Å². The second-order valence-electron chi connectivity index (χ2n) is 5.78. The van der Waals surface area contributed by atoms with Crippen LogP contribution in [0.3, 0.4) is 0 Å². The number of nitrogens with zero attached hydrogens (tertiary/aromatic N) is 1. The molecule has 0 radical (unpaired) electrons. The molecule has 6 nitrogen and oxygen atoms in total. The van der Waals surface area contributed by atoms with Crippen LogP contribution < -0.4 is 9.47 Å². The summed E-state index contributed by atoms with van der Waals surface area (Å²) in [4.78, 5) is 13.9. The van der Waals surface area contributed by atoms with E-state index < -0.39 is 9.84 Å². The Morgan fingerprint density at radius 2 is 1.83 bits per heavy atom. The number of hydrogen-bond acceptors (Lipinski definition) is 5. The summed E-state index contributed by atoms with van der Waals surface area (Å²) in [7, 11) is 1.86. The highest BCUT2D eigenvalue weighted by Gasteiger charge is 2.32.